The number of hydrogen-bond donors (Lipinski definition) is 3. The minimum atomic E-state index is 0.772. The van der Waals surface area contributed by atoms with Gasteiger partial charge in [0.2, 0.25) is 0 Å². The van der Waals surface area contributed by atoms with E-state index >= 15 is 0 Å². The molecule has 0 aliphatic heterocycles. The van der Waals surface area contributed by atoms with E-state index in [1.165, 1.54) is 28.0 Å². The predicted octanol–water partition coefficient (Wildman–Crippen LogP) is 4.96. The van der Waals surface area contributed by atoms with Crippen LogP contribution in [0.5, 0.6) is 0 Å². The molecule has 0 fully saturated rings. The molecule has 0 amide bonds. The summed E-state index contributed by atoms with van der Waals surface area (Å²) in [5, 5.41) is 9.78. The van der Waals surface area contributed by atoms with Gasteiger partial charge in [-0.1, -0.05) is 54.1 Å². The highest BCUT2D eigenvalue weighted by molar-refractivity contribution is 5.67. The summed E-state index contributed by atoms with van der Waals surface area (Å²) in [6.07, 6.45) is 10.7. The minimum Gasteiger partial charge on any atom is -0.378 e. The second-order valence-corrected chi connectivity index (χ2v) is 6.51. The third-order valence-corrected chi connectivity index (χ3v) is 4.45. The Labute approximate surface area is 156 Å². The van der Waals surface area contributed by atoms with Crippen molar-refractivity contribution in [2.45, 2.75) is 19.8 Å². The molecule has 3 nitrogen and oxygen atoms in total. The van der Waals surface area contributed by atoms with Crippen molar-refractivity contribution in [2.75, 3.05) is 19.0 Å². The van der Waals surface area contributed by atoms with Gasteiger partial charge >= 0.3 is 0 Å². The molecule has 1 aliphatic carbocycles. The van der Waals surface area contributed by atoms with Crippen LogP contribution in [0.15, 0.2) is 84.2 Å². The van der Waals surface area contributed by atoms with E-state index in [1.54, 1.807) is 0 Å². The maximum Gasteiger partial charge on any atom is 0.0645 e. The van der Waals surface area contributed by atoms with Crippen molar-refractivity contribution < 1.29 is 0 Å². The van der Waals surface area contributed by atoms with Crippen LogP contribution in [0.2, 0.25) is 0 Å². The Morgan fingerprint density at radius 2 is 1.65 bits per heavy atom. The van der Waals surface area contributed by atoms with Gasteiger partial charge in [-0.2, -0.15) is 0 Å². The van der Waals surface area contributed by atoms with E-state index in [4.69, 9.17) is 0 Å². The maximum atomic E-state index is 3.56. The standard InChI is InChI=1S/C23H27N3/c1-18-8-10-19(11-9-18)20-12-14-22(15-13-20)26-23-7-3-5-21(23)6-4-16-25-17-24-2/h4,6-16,24-26H,3,5,17H2,1-2H3/b16-4-,21-6+. The summed E-state index contributed by atoms with van der Waals surface area (Å²) in [4.78, 5) is 0. The lowest BCUT2D eigenvalue weighted by molar-refractivity contribution is 0.737. The number of allylic oxidation sites excluding steroid dienone is 4. The molecule has 134 valence electrons. The van der Waals surface area contributed by atoms with Gasteiger partial charge in [-0.3, -0.25) is 0 Å². The zero-order valence-corrected chi connectivity index (χ0v) is 15.5. The number of nitrogens with one attached hydrogen (secondary N) is 3. The smallest absolute Gasteiger partial charge is 0.0645 e. The van der Waals surface area contributed by atoms with Gasteiger partial charge in [-0.25, -0.2) is 0 Å². The number of anilines is 1. The third kappa shape index (κ3) is 4.87. The van der Waals surface area contributed by atoms with Crippen molar-refractivity contribution >= 4 is 5.69 Å². The van der Waals surface area contributed by atoms with Gasteiger partial charge in [0.1, 0.15) is 0 Å². The molecule has 0 aromatic heterocycles. The van der Waals surface area contributed by atoms with E-state index in [9.17, 15) is 0 Å². The second kappa shape index (κ2) is 9.07. The molecule has 3 heteroatoms. The molecular formula is C23H27N3. The van der Waals surface area contributed by atoms with Gasteiger partial charge in [0.25, 0.3) is 0 Å². The Bertz CT molecular complexity index is 796. The lowest BCUT2D eigenvalue weighted by atomic mass is 10.0. The number of aryl methyl sites for hydroxylation is 1. The summed E-state index contributed by atoms with van der Waals surface area (Å²) < 4.78 is 0. The first kappa shape index (κ1) is 18.0. The Kier molecular flexibility index (Phi) is 6.29. The summed E-state index contributed by atoms with van der Waals surface area (Å²) in [6.45, 7) is 2.89. The van der Waals surface area contributed by atoms with Crippen LogP contribution in [0.25, 0.3) is 11.1 Å². The average molecular weight is 345 g/mol. The molecule has 0 heterocycles. The summed E-state index contributed by atoms with van der Waals surface area (Å²) >= 11 is 0. The lowest BCUT2D eigenvalue weighted by Crippen LogP contribution is -2.20. The van der Waals surface area contributed by atoms with Crippen LogP contribution in [0.3, 0.4) is 0 Å². The largest absolute Gasteiger partial charge is 0.378 e. The van der Waals surface area contributed by atoms with Gasteiger partial charge in [-0.05, 0) is 67.9 Å². The molecule has 2 aromatic rings. The van der Waals surface area contributed by atoms with Crippen LogP contribution >= 0.6 is 0 Å². The number of rotatable bonds is 7. The molecule has 3 N–H and O–H groups in total. The highest BCUT2D eigenvalue weighted by Crippen LogP contribution is 2.28. The summed E-state index contributed by atoms with van der Waals surface area (Å²) in [6, 6.07) is 17.3. The summed E-state index contributed by atoms with van der Waals surface area (Å²) in [7, 11) is 1.92. The molecule has 2 aromatic carbocycles. The Balaban J connectivity index is 1.64. The van der Waals surface area contributed by atoms with Gasteiger partial charge < -0.3 is 16.0 Å². The van der Waals surface area contributed by atoms with Crippen LogP contribution in [0.1, 0.15) is 18.4 Å². The molecule has 0 atom stereocenters. The summed E-state index contributed by atoms with van der Waals surface area (Å²) in [5.74, 6) is 0. The van der Waals surface area contributed by atoms with E-state index in [-0.39, 0.29) is 0 Å². The van der Waals surface area contributed by atoms with E-state index in [0.717, 1.165) is 25.2 Å². The fourth-order valence-electron chi connectivity index (χ4n) is 2.98. The normalized spacial score (nSPS) is 15.5. The minimum absolute atomic E-state index is 0.772. The quantitative estimate of drug-likeness (QED) is 0.490. The first-order chi connectivity index (χ1) is 12.8. The van der Waals surface area contributed by atoms with Crippen molar-refractivity contribution in [1.29, 1.82) is 0 Å². The molecule has 0 saturated carbocycles. The number of benzene rings is 2. The Morgan fingerprint density at radius 3 is 2.35 bits per heavy atom. The summed E-state index contributed by atoms with van der Waals surface area (Å²) in [5.41, 5.74) is 7.46. The van der Waals surface area contributed by atoms with Crippen LogP contribution in [0.4, 0.5) is 5.69 Å². The van der Waals surface area contributed by atoms with Gasteiger partial charge in [0.05, 0.1) is 6.67 Å². The van der Waals surface area contributed by atoms with E-state index in [2.05, 4.69) is 89.6 Å². The Morgan fingerprint density at radius 1 is 0.962 bits per heavy atom. The van der Waals surface area contributed by atoms with Crippen molar-refractivity contribution in [3.63, 3.8) is 0 Å². The monoisotopic (exact) mass is 345 g/mol. The van der Waals surface area contributed by atoms with E-state index in [1.807, 2.05) is 13.2 Å². The van der Waals surface area contributed by atoms with Crippen LogP contribution in [-0.2, 0) is 0 Å². The highest BCUT2D eigenvalue weighted by atomic mass is 15.0. The molecule has 0 unspecified atom stereocenters. The van der Waals surface area contributed by atoms with Crippen molar-refractivity contribution in [1.82, 2.24) is 10.6 Å². The van der Waals surface area contributed by atoms with E-state index in [0.29, 0.717) is 0 Å². The molecule has 0 bridgehead atoms. The van der Waals surface area contributed by atoms with Crippen molar-refractivity contribution in [3.05, 3.63) is 89.8 Å². The van der Waals surface area contributed by atoms with Gasteiger partial charge in [-0.15, -0.1) is 0 Å². The predicted molar refractivity (Wildman–Crippen MR) is 112 cm³/mol. The average Bonchev–Trinajstić information content (AvgIpc) is 3.10. The lowest BCUT2D eigenvalue weighted by Gasteiger charge is -2.11. The van der Waals surface area contributed by atoms with E-state index < -0.39 is 0 Å². The van der Waals surface area contributed by atoms with Crippen LogP contribution in [0, 0.1) is 6.92 Å². The zero-order chi connectivity index (χ0) is 18.2. The maximum absolute atomic E-state index is 3.56. The molecule has 1 aliphatic rings. The van der Waals surface area contributed by atoms with Gasteiger partial charge in [0.15, 0.2) is 0 Å². The second-order valence-electron chi connectivity index (χ2n) is 6.51. The molecule has 0 radical (unpaired) electrons. The molecule has 0 saturated heterocycles. The van der Waals surface area contributed by atoms with Gasteiger partial charge in [0, 0.05) is 11.4 Å². The fraction of sp³-hybridized carbons (Fsp3) is 0.217. The molecule has 26 heavy (non-hydrogen) atoms. The fourth-order valence-corrected chi connectivity index (χ4v) is 2.98. The number of hydrogen-bond acceptors (Lipinski definition) is 3. The van der Waals surface area contributed by atoms with Crippen molar-refractivity contribution in [2.24, 2.45) is 0 Å². The third-order valence-electron chi connectivity index (χ3n) is 4.45. The SMILES string of the molecule is CNCN/C=C\C=C1/CCC=C1Nc1ccc(-c2ccc(C)cc2)cc1. The van der Waals surface area contributed by atoms with Crippen LogP contribution < -0.4 is 16.0 Å². The van der Waals surface area contributed by atoms with Crippen molar-refractivity contribution in [3.8, 4) is 11.1 Å². The first-order valence-electron chi connectivity index (χ1n) is 9.14. The molecular weight excluding hydrogens is 318 g/mol. The molecule has 3 rings (SSSR count). The Hall–Kier alpha value is -2.78. The topological polar surface area (TPSA) is 36.1 Å². The zero-order valence-electron chi connectivity index (χ0n) is 15.5. The molecule has 0 spiro atoms. The first-order valence-corrected chi connectivity index (χ1v) is 9.14. The van der Waals surface area contributed by atoms with Crippen LogP contribution in [-0.4, -0.2) is 13.7 Å². The highest BCUT2D eigenvalue weighted by Gasteiger charge is 2.10.